The van der Waals surface area contributed by atoms with Crippen LogP contribution in [0.4, 0.5) is 5.82 Å². The Morgan fingerprint density at radius 2 is 1.77 bits per heavy atom. The van der Waals surface area contributed by atoms with Gasteiger partial charge in [0.1, 0.15) is 5.82 Å². The van der Waals surface area contributed by atoms with E-state index in [-0.39, 0.29) is 17.3 Å². The fourth-order valence-corrected chi connectivity index (χ4v) is 5.64. The number of benzene rings is 1. The van der Waals surface area contributed by atoms with E-state index in [1.165, 1.54) is 41.4 Å². The Kier molecular flexibility index (Phi) is 6.36. The summed E-state index contributed by atoms with van der Waals surface area (Å²) in [4.78, 5) is 14.7. The van der Waals surface area contributed by atoms with E-state index in [1.54, 1.807) is 6.20 Å². The van der Waals surface area contributed by atoms with Crippen LogP contribution >= 0.6 is 0 Å². The Hall–Kier alpha value is -2.74. The summed E-state index contributed by atoms with van der Waals surface area (Å²) in [5.74, 6) is 0.599. The van der Waals surface area contributed by atoms with Crippen molar-refractivity contribution in [2.75, 3.05) is 38.0 Å². The largest absolute Gasteiger partial charge is 0.310 e. The second-order valence-electron chi connectivity index (χ2n) is 7.96. The Labute approximate surface area is 182 Å². The number of amides is 1. The molecule has 1 amide bonds. The van der Waals surface area contributed by atoms with Crippen molar-refractivity contribution in [2.45, 2.75) is 36.6 Å². The molecule has 1 saturated heterocycles. The van der Waals surface area contributed by atoms with Gasteiger partial charge in [-0.3, -0.25) is 9.69 Å². The van der Waals surface area contributed by atoms with Gasteiger partial charge in [-0.2, -0.15) is 14.7 Å². The van der Waals surface area contributed by atoms with Crippen molar-refractivity contribution < 1.29 is 13.2 Å². The van der Waals surface area contributed by atoms with Gasteiger partial charge in [-0.05, 0) is 37.1 Å². The maximum atomic E-state index is 12.8. The van der Waals surface area contributed by atoms with Gasteiger partial charge in [0, 0.05) is 32.2 Å². The van der Waals surface area contributed by atoms with Crippen LogP contribution in [0.5, 0.6) is 0 Å². The predicted molar refractivity (Wildman–Crippen MR) is 115 cm³/mol. The molecule has 0 atom stereocenters. The Balaban J connectivity index is 1.30. The van der Waals surface area contributed by atoms with Gasteiger partial charge in [0.15, 0.2) is 0 Å². The average Bonchev–Trinajstić information content (AvgIpc) is 3.46. The van der Waals surface area contributed by atoms with Gasteiger partial charge in [0.25, 0.3) is 0 Å². The van der Waals surface area contributed by atoms with E-state index in [4.69, 9.17) is 5.26 Å². The maximum Gasteiger partial charge on any atom is 0.243 e. The number of piperazine rings is 1. The monoisotopic (exact) mass is 442 g/mol. The molecule has 10 heteroatoms. The van der Waals surface area contributed by atoms with Crippen molar-refractivity contribution >= 4 is 21.7 Å². The number of nitrogens with zero attached hydrogens (tertiary/aromatic N) is 5. The quantitative estimate of drug-likeness (QED) is 0.730. The molecule has 1 N–H and O–H groups in total. The Bertz CT molecular complexity index is 1060. The average molecular weight is 443 g/mol. The first-order chi connectivity index (χ1) is 15.0. The summed E-state index contributed by atoms with van der Waals surface area (Å²) in [5.41, 5.74) is 0.420. The van der Waals surface area contributed by atoms with Gasteiger partial charge in [0.2, 0.25) is 15.9 Å². The Morgan fingerprint density at radius 3 is 2.42 bits per heavy atom. The van der Waals surface area contributed by atoms with Gasteiger partial charge >= 0.3 is 0 Å². The highest BCUT2D eigenvalue weighted by Gasteiger charge is 2.29. The third kappa shape index (κ3) is 4.79. The molecule has 164 valence electrons. The fourth-order valence-electron chi connectivity index (χ4n) is 4.22. The molecule has 2 aromatic rings. The molecule has 9 nitrogen and oxygen atoms in total. The van der Waals surface area contributed by atoms with Crippen LogP contribution in [0.3, 0.4) is 0 Å². The minimum Gasteiger partial charge on any atom is -0.310 e. The molecular formula is C21H26N6O3S. The highest BCUT2D eigenvalue weighted by atomic mass is 32.2. The van der Waals surface area contributed by atoms with Crippen LogP contribution in [0.2, 0.25) is 0 Å². The SMILES string of the molecule is N#Cc1ccc(S(=O)(=O)N2CCN(CC(=O)Nc3ccnn3C3CCCC3)CC2)cc1. The van der Waals surface area contributed by atoms with Crippen LogP contribution in [-0.2, 0) is 14.8 Å². The van der Waals surface area contributed by atoms with E-state index >= 15 is 0 Å². The van der Waals surface area contributed by atoms with Crippen molar-refractivity contribution in [1.29, 1.82) is 5.26 Å². The molecule has 2 heterocycles. The molecule has 2 aliphatic rings. The third-order valence-corrected chi connectivity index (χ3v) is 7.84. The molecular weight excluding hydrogens is 416 g/mol. The summed E-state index contributed by atoms with van der Waals surface area (Å²) in [5, 5.41) is 16.2. The van der Waals surface area contributed by atoms with Crippen LogP contribution < -0.4 is 5.32 Å². The van der Waals surface area contributed by atoms with Gasteiger partial charge in [0.05, 0.1) is 35.3 Å². The second kappa shape index (κ2) is 9.18. The zero-order valence-electron chi connectivity index (χ0n) is 17.3. The van der Waals surface area contributed by atoms with E-state index in [0.29, 0.717) is 37.8 Å². The van der Waals surface area contributed by atoms with Gasteiger partial charge in [-0.15, -0.1) is 0 Å². The first-order valence-corrected chi connectivity index (χ1v) is 12.0. The number of carbonyl (C=O) groups is 1. The standard InChI is InChI=1S/C21H26N6O3S/c22-15-17-5-7-19(8-6-17)31(29,30)26-13-11-25(12-14-26)16-21(28)24-20-9-10-23-27(20)18-3-1-2-4-18/h5-10,18H,1-4,11-14,16H2,(H,24,28). The van der Waals surface area contributed by atoms with E-state index in [2.05, 4.69) is 10.4 Å². The first-order valence-electron chi connectivity index (χ1n) is 10.5. The highest BCUT2D eigenvalue weighted by Crippen LogP contribution is 2.31. The van der Waals surface area contributed by atoms with Crippen molar-refractivity contribution in [3.8, 4) is 6.07 Å². The Morgan fingerprint density at radius 1 is 1.10 bits per heavy atom. The molecule has 0 bridgehead atoms. The van der Waals surface area contributed by atoms with Crippen LogP contribution in [-0.4, -0.2) is 66.0 Å². The molecule has 0 spiro atoms. The molecule has 4 rings (SSSR count). The van der Waals surface area contributed by atoms with Crippen molar-refractivity contribution in [3.63, 3.8) is 0 Å². The summed E-state index contributed by atoms with van der Waals surface area (Å²) in [6.45, 7) is 1.79. The van der Waals surface area contributed by atoms with E-state index in [0.717, 1.165) is 18.7 Å². The number of nitriles is 1. The summed E-state index contributed by atoms with van der Waals surface area (Å²) >= 11 is 0. The molecule has 31 heavy (non-hydrogen) atoms. The number of hydrogen-bond acceptors (Lipinski definition) is 6. The highest BCUT2D eigenvalue weighted by molar-refractivity contribution is 7.89. The van der Waals surface area contributed by atoms with E-state index in [9.17, 15) is 13.2 Å². The number of anilines is 1. The molecule has 1 aromatic carbocycles. The van der Waals surface area contributed by atoms with Gasteiger partial charge in [-0.25, -0.2) is 13.1 Å². The maximum absolute atomic E-state index is 12.8. The topological polar surface area (TPSA) is 111 Å². The van der Waals surface area contributed by atoms with Crippen LogP contribution in [0.25, 0.3) is 0 Å². The summed E-state index contributed by atoms with van der Waals surface area (Å²) in [6, 6.07) is 10.1. The molecule has 0 radical (unpaired) electrons. The van der Waals surface area contributed by atoms with Crippen molar-refractivity contribution in [1.82, 2.24) is 19.0 Å². The summed E-state index contributed by atoms with van der Waals surface area (Å²) < 4.78 is 29.0. The third-order valence-electron chi connectivity index (χ3n) is 5.93. The number of hydrogen-bond donors (Lipinski definition) is 1. The number of carbonyl (C=O) groups excluding carboxylic acids is 1. The minimum absolute atomic E-state index is 0.122. The summed E-state index contributed by atoms with van der Waals surface area (Å²) in [6.07, 6.45) is 6.25. The zero-order chi connectivity index (χ0) is 21.8. The molecule has 2 fully saturated rings. The number of aromatic nitrogens is 2. The van der Waals surface area contributed by atoms with Gasteiger partial charge < -0.3 is 5.32 Å². The second-order valence-corrected chi connectivity index (χ2v) is 9.90. The van der Waals surface area contributed by atoms with Crippen LogP contribution in [0.1, 0.15) is 37.3 Å². The van der Waals surface area contributed by atoms with Crippen LogP contribution in [0, 0.1) is 11.3 Å². The fraction of sp³-hybridized carbons (Fsp3) is 0.476. The van der Waals surface area contributed by atoms with Crippen LogP contribution in [0.15, 0.2) is 41.4 Å². The molecule has 1 saturated carbocycles. The lowest BCUT2D eigenvalue weighted by molar-refractivity contribution is -0.117. The molecule has 0 unspecified atom stereocenters. The lowest BCUT2D eigenvalue weighted by Gasteiger charge is -2.33. The normalized spacial score (nSPS) is 18.7. The lowest BCUT2D eigenvalue weighted by Crippen LogP contribution is -2.50. The molecule has 1 aliphatic heterocycles. The smallest absolute Gasteiger partial charge is 0.243 e. The molecule has 1 aliphatic carbocycles. The zero-order valence-corrected chi connectivity index (χ0v) is 18.1. The molecule has 1 aromatic heterocycles. The number of rotatable bonds is 6. The summed E-state index contributed by atoms with van der Waals surface area (Å²) in [7, 11) is -3.61. The number of nitrogens with one attached hydrogen (secondary N) is 1. The minimum atomic E-state index is -3.61. The predicted octanol–water partition coefficient (Wildman–Crippen LogP) is 1.81. The number of sulfonamides is 1. The lowest BCUT2D eigenvalue weighted by atomic mass is 10.2. The van der Waals surface area contributed by atoms with E-state index in [1.807, 2.05) is 21.7 Å². The first kappa shape index (κ1) is 21.5. The van der Waals surface area contributed by atoms with Gasteiger partial charge in [-0.1, -0.05) is 12.8 Å². The van der Waals surface area contributed by atoms with Crippen molar-refractivity contribution in [2.24, 2.45) is 0 Å². The van der Waals surface area contributed by atoms with E-state index < -0.39 is 10.0 Å². The van der Waals surface area contributed by atoms with Crippen molar-refractivity contribution in [3.05, 3.63) is 42.1 Å².